The van der Waals surface area contributed by atoms with E-state index in [1.807, 2.05) is 10.3 Å². The summed E-state index contributed by atoms with van der Waals surface area (Å²) < 4.78 is 43.2. The molecule has 2 heterocycles. The van der Waals surface area contributed by atoms with Gasteiger partial charge in [-0.1, -0.05) is 0 Å². The van der Waals surface area contributed by atoms with Gasteiger partial charge < -0.3 is 20.4 Å². The summed E-state index contributed by atoms with van der Waals surface area (Å²) in [7, 11) is 0. The zero-order chi connectivity index (χ0) is 17.9. The molecule has 1 fully saturated rings. The molecule has 2 amide bonds. The van der Waals surface area contributed by atoms with Crippen molar-refractivity contribution in [1.29, 1.82) is 0 Å². The summed E-state index contributed by atoms with van der Waals surface area (Å²) in [6.45, 7) is 2.22. The topological polar surface area (TPSA) is 100 Å². The van der Waals surface area contributed by atoms with Crippen LogP contribution in [0.3, 0.4) is 0 Å². The third kappa shape index (κ3) is 4.34. The van der Waals surface area contributed by atoms with E-state index in [-0.39, 0.29) is 6.10 Å². The summed E-state index contributed by atoms with van der Waals surface area (Å²) in [5, 5.41) is 4.28. The van der Waals surface area contributed by atoms with Gasteiger partial charge in [-0.25, -0.2) is 0 Å². The monoisotopic (exact) mass is 347 g/mol. The molecule has 1 aromatic heterocycles. The first-order valence-corrected chi connectivity index (χ1v) is 7.22. The van der Waals surface area contributed by atoms with E-state index >= 15 is 0 Å². The number of carbonyl (C=O) groups is 2. The van der Waals surface area contributed by atoms with Gasteiger partial charge in [0.1, 0.15) is 5.69 Å². The maximum Gasteiger partial charge on any atom is 0.417 e. The van der Waals surface area contributed by atoms with E-state index in [1.165, 1.54) is 0 Å². The Kier molecular flexibility index (Phi) is 5.27. The second-order valence-electron chi connectivity index (χ2n) is 5.40. The molecule has 0 aromatic carbocycles. The van der Waals surface area contributed by atoms with Crippen LogP contribution in [0.1, 0.15) is 25.3 Å². The van der Waals surface area contributed by atoms with Crippen molar-refractivity contribution >= 4 is 17.5 Å². The molecule has 1 aromatic rings. The van der Waals surface area contributed by atoms with Crippen molar-refractivity contribution in [1.82, 2.24) is 10.3 Å². The van der Waals surface area contributed by atoms with Gasteiger partial charge in [0.15, 0.2) is 0 Å². The van der Waals surface area contributed by atoms with Crippen LogP contribution in [0.15, 0.2) is 17.1 Å². The predicted molar refractivity (Wildman–Crippen MR) is 77.3 cm³/mol. The molecule has 1 aliphatic heterocycles. The van der Waals surface area contributed by atoms with Crippen LogP contribution in [-0.4, -0.2) is 35.6 Å². The molecule has 2 atom stereocenters. The molecule has 1 saturated heterocycles. The van der Waals surface area contributed by atoms with Gasteiger partial charge in [-0.05, 0) is 25.8 Å². The third-order valence-corrected chi connectivity index (χ3v) is 3.57. The predicted octanol–water partition coefficient (Wildman–Crippen LogP) is 1.02. The number of aromatic amines is 1. The largest absolute Gasteiger partial charge is 0.417 e. The van der Waals surface area contributed by atoms with Crippen molar-refractivity contribution in [2.75, 3.05) is 11.9 Å². The summed E-state index contributed by atoms with van der Waals surface area (Å²) in [5.41, 5.74) is -2.75. The van der Waals surface area contributed by atoms with E-state index in [2.05, 4.69) is 5.32 Å². The number of carbonyl (C=O) groups excluding carboxylic acids is 2. The van der Waals surface area contributed by atoms with Crippen molar-refractivity contribution in [3.8, 4) is 0 Å². The average molecular weight is 347 g/mol. The van der Waals surface area contributed by atoms with Gasteiger partial charge >= 0.3 is 18.0 Å². The highest BCUT2D eigenvalue weighted by molar-refractivity contribution is 6.39. The second kappa shape index (κ2) is 7.04. The Labute approximate surface area is 134 Å². The van der Waals surface area contributed by atoms with Gasteiger partial charge in [-0.3, -0.25) is 14.4 Å². The van der Waals surface area contributed by atoms with Crippen LogP contribution in [0.4, 0.5) is 18.9 Å². The summed E-state index contributed by atoms with van der Waals surface area (Å²) >= 11 is 0. The minimum Gasteiger partial charge on any atom is -0.376 e. The number of hydrogen-bond acceptors (Lipinski definition) is 4. The highest BCUT2D eigenvalue weighted by Gasteiger charge is 2.32. The SMILES string of the molecule is C[C@H](NC(=O)C(=O)Nc1cc(C(F)(F)F)c[nH]c1=O)[C@@H]1CCCO1. The smallest absolute Gasteiger partial charge is 0.376 e. The van der Waals surface area contributed by atoms with Crippen LogP contribution in [0.2, 0.25) is 0 Å². The number of anilines is 1. The molecular weight excluding hydrogens is 331 g/mol. The highest BCUT2D eigenvalue weighted by Crippen LogP contribution is 2.29. The van der Waals surface area contributed by atoms with Crippen LogP contribution in [0.5, 0.6) is 0 Å². The number of halogens is 3. The molecule has 0 unspecified atom stereocenters. The van der Waals surface area contributed by atoms with Crippen LogP contribution in [-0.2, 0) is 20.5 Å². The lowest BCUT2D eigenvalue weighted by molar-refractivity contribution is -0.138. The van der Waals surface area contributed by atoms with Crippen molar-refractivity contribution in [3.05, 3.63) is 28.2 Å². The van der Waals surface area contributed by atoms with Crippen molar-refractivity contribution in [3.63, 3.8) is 0 Å². The molecular formula is C14H16F3N3O4. The number of ether oxygens (including phenoxy) is 1. The molecule has 0 radical (unpaired) electrons. The van der Waals surface area contributed by atoms with Gasteiger partial charge in [-0.2, -0.15) is 13.2 Å². The Morgan fingerprint density at radius 3 is 2.67 bits per heavy atom. The molecule has 0 spiro atoms. The fourth-order valence-corrected chi connectivity index (χ4v) is 2.28. The van der Waals surface area contributed by atoms with Crippen LogP contribution in [0.25, 0.3) is 0 Å². The fourth-order valence-electron chi connectivity index (χ4n) is 2.28. The molecule has 0 aliphatic carbocycles. The van der Waals surface area contributed by atoms with Crippen LogP contribution in [0, 0.1) is 0 Å². The molecule has 0 bridgehead atoms. The third-order valence-electron chi connectivity index (χ3n) is 3.57. The Balaban J connectivity index is 2.03. The van der Waals surface area contributed by atoms with E-state index in [4.69, 9.17) is 4.74 Å². The summed E-state index contributed by atoms with van der Waals surface area (Å²) in [4.78, 5) is 36.9. The number of alkyl halides is 3. The van der Waals surface area contributed by atoms with E-state index in [9.17, 15) is 27.6 Å². The Hall–Kier alpha value is -2.36. The standard InChI is InChI=1S/C14H16F3N3O4/c1-7(10-3-2-4-24-10)19-12(22)13(23)20-9-5-8(14(15,16)17)6-18-11(9)21/h5-7,10H,2-4H2,1H3,(H,18,21)(H,19,22)(H,20,23)/t7-,10-/m0/s1. The Morgan fingerprint density at radius 1 is 1.38 bits per heavy atom. The van der Waals surface area contributed by atoms with Gasteiger partial charge in [0.25, 0.3) is 5.56 Å². The minimum absolute atomic E-state index is 0.223. The molecule has 24 heavy (non-hydrogen) atoms. The maximum absolute atomic E-state index is 12.6. The number of pyridine rings is 1. The first-order valence-electron chi connectivity index (χ1n) is 7.22. The van der Waals surface area contributed by atoms with E-state index < -0.39 is 40.8 Å². The van der Waals surface area contributed by atoms with E-state index in [0.29, 0.717) is 18.9 Å². The lowest BCUT2D eigenvalue weighted by Gasteiger charge is -2.19. The number of H-pyrrole nitrogens is 1. The fraction of sp³-hybridized carbons (Fsp3) is 0.500. The average Bonchev–Trinajstić information content (AvgIpc) is 3.02. The minimum atomic E-state index is -4.69. The van der Waals surface area contributed by atoms with Gasteiger partial charge in [0, 0.05) is 12.8 Å². The first-order chi connectivity index (χ1) is 11.2. The van der Waals surface area contributed by atoms with Gasteiger partial charge in [-0.15, -0.1) is 0 Å². The van der Waals surface area contributed by atoms with Crippen LogP contribution < -0.4 is 16.2 Å². The van der Waals surface area contributed by atoms with E-state index in [1.54, 1.807) is 6.92 Å². The van der Waals surface area contributed by atoms with Gasteiger partial charge in [0.05, 0.1) is 17.7 Å². The molecule has 1 aliphatic rings. The highest BCUT2D eigenvalue weighted by atomic mass is 19.4. The molecule has 10 heteroatoms. The lowest BCUT2D eigenvalue weighted by atomic mass is 10.1. The maximum atomic E-state index is 12.6. The summed E-state index contributed by atoms with van der Waals surface area (Å²) in [5.74, 6) is -2.29. The number of hydrogen-bond donors (Lipinski definition) is 3. The lowest BCUT2D eigenvalue weighted by Crippen LogP contribution is -2.46. The zero-order valence-corrected chi connectivity index (χ0v) is 12.7. The summed E-state index contributed by atoms with van der Waals surface area (Å²) in [6, 6.07) is 0.0265. The number of rotatable bonds is 3. The zero-order valence-electron chi connectivity index (χ0n) is 12.7. The Bertz CT molecular complexity index is 681. The summed E-state index contributed by atoms with van der Waals surface area (Å²) in [6.07, 6.45) is -2.86. The molecule has 7 nitrogen and oxygen atoms in total. The van der Waals surface area contributed by atoms with Crippen molar-refractivity contribution < 1.29 is 27.5 Å². The first kappa shape index (κ1) is 18.0. The normalized spacial score (nSPS) is 18.9. The van der Waals surface area contributed by atoms with Gasteiger partial charge in [0.2, 0.25) is 0 Å². The van der Waals surface area contributed by atoms with E-state index in [0.717, 1.165) is 12.8 Å². The molecule has 132 valence electrons. The van der Waals surface area contributed by atoms with Crippen LogP contribution >= 0.6 is 0 Å². The van der Waals surface area contributed by atoms with Crippen molar-refractivity contribution in [2.45, 2.75) is 38.1 Å². The number of amides is 2. The molecule has 2 rings (SSSR count). The van der Waals surface area contributed by atoms with Crippen molar-refractivity contribution in [2.24, 2.45) is 0 Å². The second-order valence-corrected chi connectivity index (χ2v) is 5.40. The molecule has 0 saturated carbocycles. The number of aromatic nitrogens is 1. The molecule has 3 N–H and O–H groups in total. The number of nitrogens with one attached hydrogen (secondary N) is 3. The quantitative estimate of drug-likeness (QED) is 0.711. The Morgan fingerprint density at radius 2 is 2.08 bits per heavy atom.